The van der Waals surface area contributed by atoms with Crippen molar-refractivity contribution in [2.24, 2.45) is 0 Å². The molecule has 0 aliphatic rings. The number of hydrogen-bond acceptors (Lipinski definition) is 6. The van der Waals surface area contributed by atoms with Crippen LogP contribution in [0.15, 0.2) is 91.0 Å². The quantitative estimate of drug-likeness (QED) is 0.187. The second kappa shape index (κ2) is 10.8. The Bertz CT molecular complexity index is 1180. The number of benzene rings is 3. The third-order valence-corrected chi connectivity index (χ3v) is 5.61. The maximum Gasteiger partial charge on any atom is 0.471 e. The number of ether oxygens (including phenoxy) is 3. The molecule has 1 amide bonds. The number of alkyl halides is 3. The highest BCUT2D eigenvalue weighted by Crippen LogP contribution is 2.54. The van der Waals surface area contributed by atoms with Gasteiger partial charge in [0.05, 0.1) is 0 Å². The molecule has 2 N–H and O–H groups in total. The molecular weight excluding hydrogens is 506 g/mol. The van der Waals surface area contributed by atoms with Gasteiger partial charge in [-0.25, -0.2) is 14.3 Å². The molecule has 0 unspecified atom stereocenters. The van der Waals surface area contributed by atoms with E-state index < -0.39 is 42.7 Å². The molecule has 0 atom stereocenters. The molecule has 9 nitrogen and oxygen atoms in total. The fourth-order valence-electron chi connectivity index (χ4n) is 2.93. The number of nitrogens with zero attached hydrogens (tertiary/aromatic N) is 1. The smallest absolute Gasteiger partial charge is 0.426 e. The van der Waals surface area contributed by atoms with Gasteiger partial charge in [0.1, 0.15) is 23.8 Å². The number of carbonyl (C=O) groups excluding carboxylic acids is 2. The number of rotatable bonds is 9. The predicted octanol–water partition coefficient (Wildman–Crippen LogP) is 3.93. The van der Waals surface area contributed by atoms with Crippen LogP contribution < -0.4 is 14.2 Å². The second-order valence-corrected chi connectivity index (χ2v) is 8.75. The third-order valence-electron chi connectivity index (χ3n) is 4.45. The summed E-state index contributed by atoms with van der Waals surface area (Å²) >= 11 is 0. The van der Waals surface area contributed by atoms with Gasteiger partial charge < -0.3 is 24.0 Å². The first kappa shape index (κ1) is 26.7. The van der Waals surface area contributed by atoms with Crippen LogP contribution in [0.3, 0.4) is 0 Å². The first-order valence-electron chi connectivity index (χ1n) is 10.1. The van der Waals surface area contributed by atoms with Crippen LogP contribution in [0.2, 0.25) is 0 Å². The summed E-state index contributed by atoms with van der Waals surface area (Å²) in [7, 11) is -6.00. The van der Waals surface area contributed by atoms with E-state index in [4.69, 9.17) is 14.2 Å². The van der Waals surface area contributed by atoms with E-state index in [0.29, 0.717) is 0 Å². The molecule has 3 aromatic rings. The summed E-state index contributed by atoms with van der Waals surface area (Å²) in [5, 5.41) is 0. The number of amides is 1. The van der Waals surface area contributed by atoms with Crippen molar-refractivity contribution in [3.8, 4) is 17.2 Å². The molecule has 0 spiro atoms. The van der Waals surface area contributed by atoms with E-state index in [0.717, 1.165) is 24.3 Å². The van der Waals surface area contributed by atoms with Gasteiger partial charge in [-0.1, -0.05) is 54.6 Å². The number of esters is 1. The molecule has 0 bridgehead atoms. The summed E-state index contributed by atoms with van der Waals surface area (Å²) in [6, 6.07) is 20.2. The summed E-state index contributed by atoms with van der Waals surface area (Å²) in [5.74, 6) is -5.09. The molecule has 0 aliphatic heterocycles. The minimum Gasteiger partial charge on any atom is -0.426 e. The van der Waals surface area contributed by atoms with Crippen molar-refractivity contribution in [3.05, 3.63) is 91.0 Å². The van der Waals surface area contributed by atoms with Crippen molar-refractivity contribution in [2.75, 3.05) is 6.54 Å². The summed E-state index contributed by atoms with van der Waals surface area (Å²) < 4.78 is 69.4. The van der Waals surface area contributed by atoms with Gasteiger partial charge in [-0.2, -0.15) is 13.2 Å². The maximum absolute atomic E-state index is 13.7. The first-order valence-corrected chi connectivity index (χ1v) is 11.7. The Labute approximate surface area is 202 Å². The lowest BCUT2D eigenvalue weighted by Gasteiger charge is -2.41. The summed E-state index contributed by atoms with van der Waals surface area (Å²) in [6.07, 6.45) is -5.69. The zero-order valence-corrected chi connectivity index (χ0v) is 19.1. The van der Waals surface area contributed by atoms with Crippen molar-refractivity contribution in [2.45, 2.75) is 11.8 Å². The van der Waals surface area contributed by atoms with Crippen LogP contribution in [0, 0.1) is 0 Å². The lowest BCUT2D eigenvalue weighted by atomic mass is 10.3. The van der Waals surface area contributed by atoms with Gasteiger partial charge in [0.2, 0.25) is 0 Å². The van der Waals surface area contributed by atoms with Crippen molar-refractivity contribution < 1.29 is 51.3 Å². The van der Waals surface area contributed by atoms with E-state index in [9.17, 15) is 37.1 Å². The lowest BCUT2D eigenvalue weighted by Crippen LogP contribution is -2.63. The molecule has 0 fully saturated rings. The summed E-state index contributed by atoms with van der Waals surface area (Å²) in [6.45, 7) is -1.60. The van der Waals surface area contributed by atoms with Gasteiger partial charge >= 0.3 is 31.3 Å². The van der Waals surface area contributed by atoms with Crippen molar-refractivity contribution in [1.82, 2.24) is 4.90 Å². The van der Waals surface area contributed by atoms with Gasteiger partial charge in [-0.15, -0.1) is 0 Å². The number of carbonyl (C=O) groups is 2. The monoisotopic (exact) mass is 525 g/mol. The number of halogens is 3. The Balaban J connectivity index is 2.16. The van der Waals surface area contributed by atoms with Crippen LogP contribution >= 0.6 is 7.60 Å². The van der Waals surface area contributed by atoms with Crippen LogP contribution in [0.1, 0.15) is 0 Å². The van der Waals surface area contributed by atoms with Gasteiger partial charge in [0.15, 0.2) is 0 Å². The molecule has 0 saturated carbocycles. The maximum atomic E-state index is 13.7. The Hall–Kier alpha value is -3.86. The molecule has 0 aliphatic carbocycles. The topological polar surface area (TPSA) is 123 Å². The minimum absolute atomic E-state index is 0.0864. The van der Waals surface area contributed by atoms with Crippen molar-refractivity contribution in [1.29, 1.82) is 0 Å². The highest BCUT2D eigenvalue weighted by atomic mass is 31.2. The zero-order valence-electron chi connectivity index (χ0n) is 18.2. The molecule has 36 heavy (non-hydrogen) atoms. The normalized spacial score (nSPS) is 11.9. The number of para-hydroxylation sites is 3. The van der Waals surface area contributed by atoms with E-state index in [2.05, 4.69) is 0 Å². The van der Waals surface area contributed by atoms with Crippen LogP contribution in [0.5, 0.6) is 17.2 Å². The lowest BCUT2D eigenvalue weighted by molar-refractivity contribution is -0.223. The molecule has 190 valence electrons. The van der Waals surface area contributed by atoms with Crippen LogP contribution in [-0.4, -0.2) is 44.9 Å². The van der Waals surface area contributed by atoms with E-state index in [1.807, 2.05) is 0 Å². The predicted molar refractivity (Wildman–Crippen MR) is 119 cm³/mol. The van der Waals surface area contributed by atoms with Gasteiger partial charge in [0.25, 0.3) is 0 Å². The summed E-state index contributed by atoms with van der Waals surface area (Å²) in [4.78, 5) is 45.1. The molecule has 3 aromatic carbocycles. The molecule has 0 saturated heterocycles. The fourth-order valence-corrected chi connectivity index (χ4v) is 3.85. The fraction of sp³-hybridized carbons (Fsp3) is 0.130. The highest BCUT2D eigenvalue weighted by molar-refractivity contribution is 7.53. The van der Waals surface area contributed by atoms with Gasteiger partial charge in [0, 0.05) is 0 Å². The van der Waals surface area contributed by atoms with Gasteiger partial charge in [-0.05, 0) is 36.4 Å². The van der Waals surface area contributed by atoms with Crippen LogP contribution in [0.4, 0.5) is 13.2 Å². The second-order valence-electron chi connectivity index (χ2n) is 7.10. The highest BCUT2D eigenvalue weighted by Gasteiger charge is 2.64. The zero-order chi connectivity index (χ0) is 26.4. The van der Waals surface area contributed by atoms with Crippen LogP contribution in [-0.2, 0) is 14.2 Å². The average molecular weight is 525 g/mol. The van der Waals surface area contributed by atoms with Crippen LogP contribution in [0.25, 0.3) is 0 Å². The third kappa shape index (κ3) is 6.42. The van der Waals surface area contributed by atoms with E-state index in [1.54, 1.807) is 6.07 Å². The molecule has 3 rings (SSSR count). The van der Waals surface area contributed by atoms with E-state index >= 15 is 0 Å². The SMILES string of the molecule is O=C(CN(C(=O)C(F)(F)F)C(Oc1ccccc1)(Oc1ccccc1)P(=O)(O)O)Oc1ccccc1. The first-order chi connectivity index (χ1) is 16.9. The Morgan fingerprint density at radius 3 is 1.50 bits per heavy atom. The largest absolute Gasteiger partial charge is 0.471 e. The van der Waals surface area contributed by atoms with E-state index in [-0.39, 0.29) is 17.2 Å². The molecular formula is C23H19F3NO8P. The Kier molecular flexibility index (Phi) is 8.03. The molecule has 13 heteroatoms. The standard InChI is InChI=1S/C23H19F3NO8P/c24-22(25,26)21(29)27(16-20(28)33-17-10-4-1-5-11-17)23(36(30,31)32,34-18-12-6-2-7-13-18)35-19-14-8-3-9-15-19/h1-15H,16H2,(H2,30,31,32). The Morgan fingerprint density at radius 2 is 1.14 bits per heavy atom. The molecule has 0 heterocycles. The Morgan fingerprint density at radius 1 is 0.750 bits per heavy atom. The number of hydrogen-bond donors (Lipinski definition) is 2. The van der Waals surface area contributed by atoms with Gasteiger partial charge in [-0.3, -0.25) is 4.79 Å². The van der Waals surface area contributed by atoms with Crippen molar-refractivity contribution >= 4 is 19.5 Å². The summed E-state index contributed by atoms with van der Waals surface area (Å²) in [5.41, 5.74) is -3.75. The van der Waals surface area contributed by atoms with E-state index in [1.165, 1.54) is 60.7 Å². The van der Waals surface area contributed by atoms with Crippen molar-refractivity contribution in [3.63, 3.8) is 0 Å². The minimum atomic E-state index is -6.00. The molecule has 0 radical (unpaired) electrons. The molecule has 0 aromatic heterocycles. The average Bonchev–Trinajstić information content (AvgIpc) is 2.82.